The zero-order valence-corrected chi connectivity index (χ0v) is 10.2. The Morgan fingerprint density at radius 1 is 1.60 bits per heavy atom. The van der Waals surface area contributed by atoms with Crippen molar-refractivity contribution < 1.29 is 18.3 Å². The number of halogens is 3. The Hall–Kier alpha value is -0.790. The van der Waals surface area contributed by atoms with Crippen LogP contribution < -0.4 is 0 Å². The van der Waals surface area contributed by atoms with Crippen LogP contribution in [0, 0.1) is 10.5 Å². The van der Waals surface area contributed by atoms with Crippen LogP contribution in [0.1, 0.15) is 28.2 Å². The maximum atomic E-state index is 12.5. The molecule has 1 aromatic rings. The van der Waals surface area contributed by atoms with E-state index in [4.69, 9.17) is 0 Å². The molecule has 1 heterocycles. The molecule has 0 aliphatic rings. The summed E-state index contributed by atoms with van der Waals surface area (Å²) in [5.74, 6) is -0.713. The van der Waals surface area contributed by atoms with E-state index in [1.54, 1.807) is 0 Å². The Bertz CT molecular complexity index is 396. The third kappa shape index (κ3) is 2.61. The second-order valence-electron chi connectivity index (χ2n) is 2.79. The van der Waals surface area contributed by atoms with Crippen molar-refractivity contribution in [2.24, 2.45) is 0 Å². The predicted octanol–water partition coefficient (Wildman–Crippen LogP) is 2.72. The molecule has 0 saturated carbocycles. The lowest BCUT2D eigenvalue weighted by atomic mass is 10.2. The van der Waals surface area contributed by atoms with Crippen LogP contribution in [0.4, 0.5) is 8.78 Å². The molecular weight excluding hydrogens is 319 g/mol. The molecule has 82 valence electrons. The molecule has 15 heavy (non-hydrogen) atoms. The van der Waals surface area contributed by atoms with E-state index in [2.05, 4.69) is 9.72 Å². The molecule has 6 heteroatoms. The summed E-state index contributed by atoms with van der Waals surface area (Å²) in [6.45, 7) is 1.54. The van der Waals surface area contributed by atoms with Crippen molar-refractivity contribution in [3.63, 3.8) is 0 Å². The average Bonchev–Trinajstić information content (AvgIpc) is 2.20. The molecule has 0 saturated heterocycles. The number of pyridine rings is 1. The molecule has 0 aromatic carbocycles. The number of ether oxygens (including phenoxy) is 1. The number of aromatic nitrogens is 1. The zero-order valence-electron chi connectivity index (χ0n) is 8.05. The molecule has 0 atom stereocenters. The van der Waals surface area contributed by atoms with Crippen molar-refractivity contribution in [1.29, 1.82) is 0 Å². The summed E-state index contributed by atoms with van der Waals surface area (Å²) < 4.78 is 30.1. The van der Waals surface area contributed by atoms with Crippen LogP contribution >= 0.6 is 22.6 Å². The van der Waals surface area contributed by atoms with Crippen molar-refractivity contribution >= 4 is 28.6 Å². The van der Waals surface area contributed by atoms with E-state index in [0.717, 1.165) is 0 Å². The molecule has 0 bridgehead atoms. The number of hydrogen-bond acceptors (Lipinski definition) is 3. The van der Waals surface area contributed by atoms with Crippen molar-refractivity contribution in [3.05, 3.63) is 26.6 Å². The fraction of sp³-hybridized carbons (Fsp3) is 0.333. The van der Waals surface area contributed by atoms with Gasteiger partial charge >= 0.3 is 5.97 Å². The van der Waals surface area contributed by atoms with Crippen LogP contribution in [-0.2, 0) is 4.74 Å². The van der Waals surface area contributed by atoms with E-state index in [9.17, 15) is 13.6 Å². The molecule has 1 rings (SSSR count). The molecule has 0 spiro atoms. The van der Waals surface area contributed by atoms with Gasteiger partial charge in [-0.2, -0.15) is 0 Å². The maximum Gasteiger partial charge on any atom is 0.356 e. The van der Waals surface area contributed by atoms with Gasteiger partial charge in [0.25, 0.3) is 6.43 Å². The summed E-state index contributed by atoms with van der Waals surface area (Å²) in [7, 11) is 1.18. The summed E-state index contributed by atoms with van der Waals surface area (Å²) in [6, 6.07) is 1.42. The normalized spacial score (nSPS) is 10.5. The van der Waals surface area contributed by atoms with Gasteiger partial charge in [0, 0.05) is 3.57 Å². The molecular formula is C9H8F2INO2. The highest BCUT2D eigenvalue weighted by Gasteiger charge is 2.19. The Morgan fingerprint density at radius 2 is 2.20 bits per heavy atom. The van der Waals surface area contributed by atoms with Gasteiger partial charge in [-0.15, -0.1) is 0 Å². The first-order chi connectivity index (χ1) is 6.97. The zero-order chi connectivity index (χ0) is 11.6. The second kappa shape index (κ2) is 4.82. The largest absolute Gasteiger partial charge is 0.464 e. The average molecular weight is 327 g/mol. The summed E-state index contributed by atoms with van der Waals surface area (Å²) in [5.41, 5.74) is -0.0802. The lowest BCUT2D eigenvalue weighted by Gasteiger charge is -2.08. The maximum absolute atomic E-state index is 12.5. The Kier molecular flexibility index (Phi) is 3.95. The van der Waals surface area contributed by atoms with E-state index in [-0.39, 0.29) is 11.4 Å². The van der Waals surface area contributed by atoms with Crippen LogP contribution in [0.3, 0.4) is 0 Å². The lowest BCUT2D eigenvalue weighted by Crippen LogP contribution is -2.09. The Morgan fingerprint density at radius 3 is 2.67 bits per heavy atom. The van der Waals surface area contributed by atoms with Gasteiger partial charge in [0.1, 0.15) is 11.4 Å². The van der Waals surface area contributed by atoms with Crippen LogP contribution in [-0.4, -0.2) is 18.1 Å². The number of nitrogens with zero attached hydrogens (tertiary/aromatic N) is 1. The smallest absolute Gasteiger partial charge is 0.356 e. The number of carbonyl (C=O) groups is 1. The first-order valence-corrected chi connectivity index (χ1v) is 5.08. The summed E-state index contributed by atoms with van der Waals surface area (Å²) in [4.78, 5) is 14.7. The van der Waals surface area contributed by atoms with Gasteiger partial charge in [-0.05, 0) is 41.1 Å². The van der Waals surface area contributed by atoms with Crippen LogP contribution in [0.15, 0.2) is 6.07 Å². The van der Waals surface area contributed by atoms with Crippen LogP contribution in [0.25, 0.3) is 0 Å². The van der Waals surface area contributed by atoms with Gasteiger partial charge in [-0.3, -0.25) is 0 Å². The van der Waals surface area contributed by atoms with E-state index < -0.39 is 12.4 Å². The van der Waals surface area contributed by atoms with Gasteiger partial charge in [-0.1, -0.05) is 0 Å². The fourth-order valence-electron chi connectivity index (χ4n) is 1.02. The minimum absolute atomic E-state index is 0.0946. The van der Waals surface area contributed by atoms with Crippen molar-refractivity contribution in [2.75, 3.05) is 7.11 Å². The SMILES string of the molecule is COC(=O)c1cc(I)c(C)c(C(F)F)n1. The highest BCUT2D eigenvalue weighted by atomic mass is 127. The fourth-order valence-corrected chi connectivity index (χ4v) is 1.59. The van der Waals surface area contributed by atoms with Gasteiger partial charge in [0.2, 0.25) is 0 Å². The van der Waals surface area contributed by atoms with Crippen LogP contribution in [0.5, 0.6) is 0 Å². The number of methoxy groups -OCH3 is 1. The molecule has 0 N–H and O–H groups in total. The standard InChI is InChI=1S/C9H8F2INO2/c1-4-5(12)3-6(9(14)15-2)13-7(4)8(10)11/h3,8H,1-2H3. The number of alkyl halides is 2. The van der Waals surface area contributed by atoms with Gasteiger partial charge < -0.3 is 4.74 Å². The summed E-state index contributed by atoms with van der Waals surface area (Å²) >= 11 is 1.88. The predicted molar refractivity (Wildman–Crippen MR) is 58.0 cm³/mol. The highest BCUT2D eigenvalue weighted by molar-refractivity contribution is 14.1. The lowest BCUT2D eigenvalue weighted by molar-refractivity contribution is 0.0592. The summed E-state index contributed by atoms with van der Waals surface area (Å²) in [5, 5.41) is 0. The van der Waals surface area contributed by atoms with E-state index in [1.165, 1.54) is 20.1 Å². The Labute approximate surface area is 99.0 Å². The molecule has 3 nitrogen and oxygen atoms in total. The molecule has 0 unspecified atom stereocenters. The molecule has 0 amide bonds. The summed E-state index contributed by atoms with van der Waals surface area (Å²) in [6.07, 6.45) is -2.69. The highest BCUT2D eigenvalue weighted by Crippen LogP contribution is 2.24. The van der Waals surface area contributed by atoms with Gasteiger partial charge in [-0.25, -0.2) is 18.6 Å². The molecule has 0 fully saturated rings. The van der Waals surface area contributed by atoms with E-state index >= 15 is 0 Å². The molecule has 0 radical (unpaired) electrons. The quantitative estimate of drug-likeness (QED) is 0.619. The van der Waals surface area contributed by atoms with Crippen molar-refractivity contribution in [2.45, 2.75) is 13.3 Å². The van der Waals surface area contributed by atoms with E-state index in [0.29, 0.717) is 9.13 Å². The minimum Gasteiger partial charge on any atom is -0.464 e. The number of hydrogen-bond donors (Lipinski definition) is 0. The number of esters is 1. The first-order valence-electron chi connectivity index (χ1n) is 4.01. The Balaban J connectivity index is 3.29. The van der Waals surface area contributed by atoms with Crippen molar-refractivity contribution in [3.8, 4) is 0 Å². The second-order valence-corrected chi connectivity index (χ2v) is 3.95. The molecule has 0 aliphatic carbocycles. The van der Waals surface area contributed by atoms with Crippen LogP contribution in [0.2, 0.25) is 0 Å². The van der Waals surface area contributed by atoms with E-state index in [1.807, 2.05) is 22.6 Å². The van der Waals surface area contributed by atoms with Crippen molar-refractivity contribution in [1.82, 2.24) is 4.98 Å². The molecule has 1 aromatic heterocycles. The topological polar surface area (TPSA) is 39.2 Å². The third-order valence-electron chi connectivity index (χ3n) is 1.85. The number of carbonyl (C=O) groups excluding carboxylic acids is 1. The minimum atomic E-state index is -2.69. The number of rotatable bonds is 2. The van der Waals surface area contributed by atoms with Gasteiger partial charge in [0.05, 0.1) is 7.11 Å². The third-order valence-corrected chi connectivity index (χ3v) is 2.97. The van der Waals surface area contributed by atoms with Gasteiger partial charge in [0.15, 0.2) is 0 Å². The first kappa shape index (κ1) is 12.3. The molecule has 0 aliphatic heterocycles. The monoisotopic (exact) mass is 327 g/mol.